The molecule has 1 aliphatic rings. The summed E-state index contributed by atoms with van der Waals surface area (Å²) in [6, 6.07) is 16.7. The quantitative estimate of drug-likeness (QED) is 0.765. The van der Waals surface area contributed by atoms with E-state index in [9.17, 15) is 18.0 Å². The molecule has 0 bridgehead atoms. The van der Waals surface area contributed by atoms with Crippen molar-refractivity contribution in [2.45, 2.75) is 23.8 Å². The van der Waals surface area contributed by atoms with Crippen LogP contribution in [0.2, 0.25) is 0 Å². The summed E-state index contributed by atoms with van der Waals surface area (Å²) < 4.78 is 27.5. The standard InChI is InChI=1S/C20H23N3O4S/c24-19(15-21-20(25)16-7-3-1-4-8-16)23-13-11-17(12-14-23)22-28(26,27)18-9-5-2-6-10-18/h1-10,17,22H,11-15H2,(H,21,25). The van der Waals surface area contributed by atoms with E-state index < -0.39 is 10.0 Å². The molecule has 3 rings (SSSR count). The van der Waals surface area contributed by atoms with Gasteiger partial charge in [0.1, 0.15) is 0 Å². The van der Waals surface area contributed by atoms with Crippen molar-refractivity contribution in [2.75, 3.05) is 19.6 Å². The van der Waals surface area contributed by atoms with Crippen LogP contribution in [0.15, 0.2) is 65.6 Å². The fourth-order valence-electron chi connectivity index (χ4n) is 3.09. The van der Waals surface area contributed by atoms with E-state index in [-0.39, 0.29) is 29.3 Å². The summed E-state index contributed by atoms with van der Waals surface area (Å²) >= 11 is 0. The summed E-state index contributed by atoms with van der Waals surface area (Å²) in [7, 11) is -3.56. The van der Waals surface area contributed by atoms with Crippen LogP contribution in [-0.2, 0) is 14.8 Å². The van der Waals surface area contributed by atoms with Crippen LogP contribution in [0.25, 0.3) is 0 Å². The first kappa shape index (κ1) is 20.0. The maximum atomic E-state index is 12.4. The molecule has 1 saturated heterocycles. The van der Waals surface area contributed by atoms with Gasteiger partial charge in [-0.3, -0.25) is 9.59 Å². The Balaban J connectivity index is 1.46. The van der Waals surface area contributed by atoms with Crippen LogP contribution in [0.1, 0.15) is 23.2 Å². The largest absolute Gasteiger partial charge is 0.343 e. The lowest BCUT2D eigenvalue weighted by Gasteiger charge is -2.32. The third-order valence-corrected chi connectivity index (χ3v) is 6.20. The summed E-state index contributed by atoms with van der Waals surface area (Å²) in [6.07, 6.45) is 1.06. The Morgan fingerprint density at radius 1 is 0.929 bits per heavy atom. The number of hydrogen-bond acceptors (Lipinski definition) is 4. The number of carbonyl (C=O) groups is 2. The molecule has 2 amide bonds. The van der Waals surface area contributed by atoms with E-state index in [0.717, 1.165) is 0 Å². The number of benzene rings is 2. The molecule has 0 aromatic heterocycles. The topological polar surface area (TPSA) is 95.6 Å². The molecule has 2 aromatic rings. The monoisotopic (exact) mass is 401 g/mol. The Kier molecular flexibility index (Phi) is 6.43. The molecule has 0 radical (unpaired) electrons. The lowest BCUT2D eigenvalue weighted by atomic mass is 10.1. The maximum absolute atomic E-state index is 12.4. The zero-order chi connectivity index (χ0) is 20.0. The molecule has 1 aliphatic heterocycles. The molecule has 28 heavy (non-hydrogen) atoms. The molecule has 1 heterocycles. The van der Waals surface area contributed by atoms with E-state index >= 15 is 0 Å². The number of carbonyl (C=O) groups excluding carboxylic acids is 2. The van der Waals surface area contributed by atoms with Gasteiger partial charge in [-0.2, -0.15) is 0 Å². The van der Waals surface area contributed by atoms with Gasteiger partial charge >= 0.3 is 0 Å². The predicted octanol–water partition coefficient (Wildman–Crippen LogP) is 1.39. The Morgan fingerprint density at radius 2 is 1.50 bits per heavy atom. The molecule has 8 heteroatoms. The minimum Gasteiger partial charge on any atom is -0.343 e. The molecular formula is C20H23N3O4S. The number of nitrogens with one attached hydrogen (secondary N) is 2. The van der Waals surface area contributed by atoms with Gasteiger partial charge in [0, 0.05) is 24.7 Å². The normalized spacial score (nSPS) is 15.2. The van der Waals surface area contributed by atoms with Gasteiger partial charge in [0.2, 0.25) is 15.9 Å². The van der Waals surface area contributed by atoms with Crippen LogP contribution in [-0.4, -0.2) is 50.8 Å². The van der Waals surface area contributed by atoms with Crippen LogP contribution >= 0.6 is 0 Å². The van der Waals surface area contributed by atoms with Gasteiger partial charge in [-0.05, 0) is 37.1 Å². The van der Waals surface area contributed by atoms with Crippen molar-refractivity contribution in [3.8, 4) is 0 Å². The molecule has 0 unspecified atom stereocenters. The Hall–Kier alpha value is -2.71. The molecule has 1 fully saturated rings. The van der Waals surface area contributed by atoms with E-state index in [4.69, 9.17) is 0 Å². The Labute approximate surface area is 164 Å². The second kappa shape index (κ2) is 8.99. The van der Waals surface area contributed by atoms with Crippen molar-refractivity contribution >= 4 is 21.8 Å². The van der Waals surface area contributed by atoms with Crippen LogP contribution in [0.3, 0.4) is 0 Å². The lowest BCUT2D eigenvalue weighted by Crippen LogP contribution is -2.48. The third-order valence-electron chi connectivity index (χ3n) is 4.66. The van der Waals surface area contributed by atoms with Crippen LogP contribution in [0.5, 0.6) is 0 Å². The number of piperidine rings is 1. The molecule has 0 atom stereocenters. The SMILES string of the molecule is O=C(NCC(=O)N1CCC(NS(=O)(=O)c2ccccc2)CC1)c1ccccc1. The molecule has 2 N–H and O–H groups in total. The third kappa shape index (κ3) is 5.17. The van der Waals surface area contributed by atoms with Gasteiger partial charge in [-0.1, -0.05) is 36.4 Å². The van der Waals surface area contributed by atoms with Crippen molar-refractivity contribution in [3.05, 3.63) is 66.2 Å². The van der Waals surface area contributed by atoms with Crippen molar-refractivity contribution in [3.63, 3.8) is 0 Å². The zero-order valence-corrected chi connectivity index (χ0v) is 16.2. The second-order valence-corrected chi connectivity index (χ2v) is 8.35. The van der Waals surface area contributed by atoms with Crippen molar-refractivity contribution in [2.24, 2.45) is 0 Å². The molecule has 0 saturated carbocycles. The average Bonchev–Trinajstić information content (AvgIpc) is 2.73. The Bertz CT molecular complexity index is 909. The molecule has 148 valence electrons. The van der Waals surface area contributed by atoms with E-state index in [1.807, 2.05) is 6.07 Å². The highest BCUT2D eigenvalue weighted by Crippen LogP contribution is 2.15. The first-order chi connectivity index (χ1) is 13.5. The smallest absolute Gasteiger partial charge is 0.251 e. The fourth-order valence-corrected chi connectivity index (χ4v) is 4.42. The maximum Gasteiger partial charge on any atom is 0.251 e. The molecule has 0 aliphatic carbocycles. The van der Waals surface area contributed by atoms with Crippen molar-refractivity contribution < 1.29 is 18.0 Å². The van der Waals surface area contributed by atoms with Gasteiger partial charge in [0.25, 0.3) is 5.91 Å². The minimum atomic E-state index is -3.56. The van der Waals surface area contributed by atoms with Gasteiger partial charge in [0.05, 0.1) is 11.4 Å². The zero-order valence-electron chi connectivity index (χ0n) is 15.4. The molecule has 2 aromatic carbocycles. The molecule has 0 spiro atoms. The number of amides is 2. The van der Waals surface area contributed by atoms with Crippen LogP contribution in [0, 0.1) is 0 Å². The molecule has 7 nitrogen and oxygen atoms in total. The highest BCUT2D eigenvalue weighted by molar-refractivity contribution is 7.89. The number of likely N-dealkylation sites (tertiary alicyclic amines) is 1. The molecular weight excluding hydrogens is 378 g/mol. The van der Waals surface area contributed by atoms with Gasteiger partial charge in [0.15, 0.2) is 0 Å². The minimum absolute atomic E-state index is 0.0753. The summed E-state index contributed by atoms with van der Waals surface area (Å²) in [5.74, 6) is -0.465. The predicted molar refractivity (Wildman–Crippen MR) is 105 cm³/mol. The first-order valence-corrected chi connectivity index (χ1v) is 10.6. The average molecular weight is 401 g/mol. The second-order valence-electron chi connectivity index (χ2n) is 6.64. The van der Waals surface area contributed by atoms with E-state index in [1.54, 1.807) is 59.5 Å². The number of rotatable bonds is 6. The highest BCUT2D eigenvalue weighted by Gasteiger charge is 2.26. The summed E-state index contributed by atoms with van der Waals surface area (Å²) in [5.41, 5.74) is 0.504. The fraction of sp³-hybridized carbons (Fsp3) is 0.300. The summed E-state index contributed by atoms with van der Waals surface area (Å²) in [5, 5.41) is 2.63. The highest BCUT2D eigenvalue weighted by atomic mass is 32.2. The van der Waals surface area contributed by atoms with Crippen molar-refractivity contribution in [1.29, 1.82) is 0 Å². The number of hydrogen-bond donors (Lipinski definition) is 2. The van der Waals surface area contributed by atoms with Gasteiger partial charge < -0.3 is 10.2 Å². The first-order valence-electron chi connectivity index (χ1n) is 9.14. The van der Waals surface area contributed by atoms with Crippen molar-refractivity contribution in [1.82, 2.24) is 14.9 Å². The summed E-state index contributed by atoms with van der Waals surface area (Å²) in [4.78, 5) is 26.2. The van der Waals surface area contributed by atoms with E-state index in [1.165, 1.54) is 0 Å². The van der Waals surface area contributed by atoms with Crippen LogP contribution in [0.4, 0.5) is 0 Å². The Morgan fingerprint density at radius 3 is 2.11 bits per heavy atom. The van der Waals surface area contributed by atoms with Gasteiger partial charge in [-0.25, -0.2) is 13.1 Å². The number of nitrogens with zero attached hydrogens (tertiary/aromatic N) is 1. The van der Waals surface area contributed by atoms with Gasteiger partial charge in [-0.15, -0.1) is 0 Å². The summed E-state index contributed by atoms with van der Waals surface area (Å²) in [6.45, 7) is 0.818. The van der Waals surface area contributed by atoms with E-state index in [2.05, 4.69) is 10.0 Å². The lowest BCUT2D eigenvalue weighted by molar-refractivity contribution is -0.131. The van der Waals surface area contributed by atoms with E-state index in [0.29, 0.717) is 31.5 Å². The van der Waals surface area contributed by atoms with Crippen LogP contribution < -0.4 is 10.0 Å². The number of sulfonamides is 1.